The van der Waals surface area contributed by atoms with Crippen molar-refractivity contribution >= 4 is 12.0 Å². The van der Waals surface area contributed by atoms with Gasteiger partial charge in [0.25, 0.3) is 0 Å². The van der Waals surface area contributed by atoms with Crippen LogP contribution in [0.25, 0.3) is 0 Å². The van der Waals surface area contributed by atoms with E-state index in [1.165, 1.54) is 0 Å². The Balaban J connectivity index is 2.37. The van der Waals surface area contributed by atoms with E-state index in [0.29, 0.717) is 13.0 Å². The Kier molecular flexibility index (Phi) is 5.91. The normalized spacial score (nSPS) is 21.4. The van der Waals surface area contributed by atoms with E-state index in [9.17, 15) is 9.59 Å². The monoisotopic (exact) mass is 258 g/mol. The second-order valence-electron chi connectivity index (χ2n) is 5.05. The summed E-state index contributed by atoms with van der Waals surface area (Å²) in [5.41, 5.74) is 0. The van der Waals surface area contributed by atoms with Crippen LogP contribution in [0.4, 0.5) is 4.79 Å². The number of carboxylic acid groups (broad SMARTS) is 1. The zero-order valence-electron chi connectivity index (χ0n) is 10.9. The molecule has 0 aromatic carbocycles. The minimum atomic E-state index is -1.00. The van der Waals surface area contributed by atoms with Crippen LogP contribution in [0.1, 0.15) is 33.1 Å². The number of rotatable bonds is 5. The molecule has 2 amide bonds. The van der Waals surface area contributed by atoms with E-state index in [1.54, 1.807) is 0 Å². The lowest BCUT2D eigenvalue weighted by Gasteiger charge is -2.24. The maximum atomic E-state index is 11.7. The molecule has 0 bridgehead atoms. The van der Waals surface area contributed by atoms with Crippen molar-refractivity contribution in [3.05, 3.63) is 0 Å². The fraction of sp³-hybridized carbons (Fsp3) is 0.833. The van der Waals surface area contributed by atoms with Crippen LogP contribution in [0.3, 0.4) is 0 Å². The Morgan fingerprint density at radius 3 is 2.67 bits per heavy atom. The lowest BCUT2D eigenvalue weighted by atomic mass is 10.0. The molecule has 0 saturated carbocycles. The average Bonchev–Trinajstić information content (AvgIpc) is 2.28. The van der Waals surface area contributed by atoms with Crippen LogP contribution in [0.15, 0.2) is 0 Å². The quantitative estimate of drug-likeness (QED) is 0.685. The molecule has 6 nitrogen and oxygen atoms in total. The zero-order valence-corrected chi connectivity index (χ0v) is 10.9. The maximum Gasteiger partial charge on any atom is 0.326 e. The molecule has 1 saturated heterocycles. The highest BCUT2D eigenvalue weighted by atomic mass is 16.5. The van der Waals surface area contributed by atoms with E-state index in [4.69, 9.17) is 9.84 Å². The topological polar surface area (TPSA) is 87.7 Å². The highest BCUT2D eigenvalue weighted by Gasteiger charge is 2.23. The third-order valence-electron chi connectivity index (χ3n) is 2.81. The Hall–Kier alpha value is -1.30. The van der Waals surface area contributed by atoms with Gasteiger partial charge in [-0.05, 0) is 25.2 Å². The number of aliphatic carboxylic acids is 1. The maximum absolute atomic E-state index is 11.7. The molecule has 1 rings (SSSR count). The van der Waals surface area contributed by atoms with E-state index in [0.717, 1.165) is 19.4 Å². The van der Waals surface area contributed by atoms with Gasteiger partial charge >= 0.3 is 12.0 Å². The van der Waals surface area contributed by atoms with Gasteiger partial charge in [0, 0.05) is 6.61 Å². The van der Waals surface area contributed by atoms with E-state index < -0.39 is 18.0 Å². The van der Waals surface area contributed by atoms with Gasteiger partial charge in [-0.25, -0.2) is 9.59 Å². The molecule has 1 aliphatic rings. The predicted octanol–water partition coefficient (Wildman–Crippen LogP) is 0.964. The minimum absolute atomic E-state index is 0.0211. The molecule has 0 aromatic heterocycles. The van der Waals surface area contributed by atoms with Crippen molar-refractivity contribution < 1.29 is 19.4 Å². The number of carboxylic acids is 1. The lowest BCUT2D eigenvalue weighted by molar-refractivity contribution is -0.139. The standard InChI is InChI=1S/C12H22N2O4/c1-8(2)6-10(11(15)16)14-12(17)13-9-4-3-5-18-7-9/h8-10H,3-7H2,1-2H3,(H,15,16)(H2,13,14,17). The van der Waals surface area contributed by atoms with Gasteiger partial charge < -0.3 is 20.5 Å². The highest BCUT2D eigenvalue weighted by molar-refractivity contribution is 5.82. The summed E-state index contributed by atoms with van der Waals surface area (Å²) in [6, 6.07) is -1.29. The Bertz CT molecular complexity index is 288. The number of hydrogen-bond acceptors (Lipinski definition) is 3. The summed E-state index contributed by atoms with van der Waals surface area (Å²) in [5.74, 6) is -0.789. The van der Waals surface area contributed by atoms with Crippen LogP contribution >= 0.6 is 0 Å². The number of urea groups is 1. The van der Waals surface area contributed by atoms with Crippen molar-refractivity contribution in [1.82, 2.24) is 10.6 Å². The Morgan fingerprint density at radius 1 is 1.44 bits per heavy atom. The first-order valence-electron chi connectivity index (χ1n) is 6.36. The van der Waals surface area contributed by atoms with E-state index >= 15 is 0 Å². The third-order valence-corrected chi connectivity index (χ3v) is 2.81. The molecule has 6 heteroatoms. The summed E-state index contributed by atoms with van der Waals surface area (Å²) < 4.78 is 5.24. The molecule has 0 aromatic rings. The van der Waals surface area contributed by atoms with Crippen LogP contribution in [0.2, 0.25) is 0 Å². The fourth-order valence-electron chi connectivity index (χ4n) is 1.93. The molecule has 0 aliphatic carbocycles. The predicted molar refractivity (Wildman–Crippen MR) is 66.4 cm³/mol. The molecule has 2 unspecified atom stereocenters. The number of nitrogens with one attached hydrogen (secondary N) is 2. The summed E-state index contributed by atoms with van der Waals surface area (Å²) in [4.78, 5) is 22.7. The SMILES string of the molecule is CC(C)CC(NC(=O)NC1CCCOC1)C(=O)O. The second kappa shape index (κ2) is 7.20. The number of amides is 2. The van der Waals surface area contributed by atoms with Crippen molar-refractivity contribution in [2.24, 2.45) is 5.92 Å². The van der Waals surface area contributed by atoms with E-state index in [-0.39, 0.29) is 12.0 Å². The van der Waals surface area contributed by atoms with Crippen molar-refractivity contribution in [2.75, 3.05) is 13.2 Å². The van der Waals surface area contributed by atoms with Crippen LogP contribution in [0.5, 0.6) is 0 Å². The first kappa shape index (κ1) is 14.8. The van der Waals surface area contributed by atoms with Crippen molar-refractivity contribution in [2.45, 2.75) is 45.2 Å². The molecular formula is C12H22N2O4. The summed E-state index contributed by atoms with van der Waals surface area (Å²) in [6.07, 6.45) is 2.21. The van der Waals surface area contributed by atoms with Crippen LogP contribution in [0, 0.1) is 5.92 Å². The Labute approximate surface area is 107 Å². The first-order valence-corrected chi connectivity index (χ1v) is 6.36. The minimum Gasteiger partial charge on any atom is -0.480 e. The van der Waals surface area contributed by atoms with Gasteiger partial charge in [-0.2, -0.15) is 0 Å². The number of hydrogen-bond donors (Lipinski definition) is 3. The molecule has 2 atom stereocenters. The molecular weight excluding hydrogens is 236 g/mol. The smallest absolute Gasteiger partial charge is 0.326 e. The number of ether oxygens (including phenoxy) is 1. The highest BCUT2D eigenvalue weighted by Crippen LogP contribution is 2.07. The molecule has 1 aliphatic heterocycles. The zero-order chi connectivity index (χ0) is 13.5. The van der Waals surface area contributed by atoms with Crippen LogP contribution < -0.4 is 10.6 Å². The summed E-state index contributed by atoms with van der Waals surface area (Å²) in [7, 11) is 0. The first-order chi connectivity index (χ1) is 8.49. The van der Waals surface area contributed by atoms with Gasteiger partial charge in [0.15, 0.2) is 0 Å². The van der Waals surface area contributed by atoms with Gasteiger partial charge in [-0.15, -0.1) is 0 Å². The van der Waals surface area contributed by atoms with Crippen molar-refractivity contribution in [1.29, 1.82) is 0 Å². The molecule has 104 valence electrons. The van der Waals surface area contributed by atoms with Gasteiger partial charge in [0.05, 0.1) is 12.6 Å². The van der Waals surface area contributed by atoms with Gasteiger partial charge in [0.2, 0.25) is 0 Å². The van der Waals surface area contributed by atoms with Crippen LogP contribution in [-0.4, -0.2) is 42.4 Å². The van der Waals surface area contributed by atoms with E-state index in [1.807, 2.05) is 13.8 Å². The molecule has 18 heavy (non-hydrogen) atoms. The van der Waals surface area contributed by atoms with E-state index in [2.05, 4.69) is 10.6 Å². The summed E-state index contributed by atoms with van der Waals surface area (Å²) in [5, 5.41) is 14.2. The summed E-state index contributed by atoms with van der Waals surface area (Å²) in [6.45, 7) is 5.06. The largest absolute Gasteiger partial charge is 0.480 e. The number of carbonyl (C=O) groups is 2. The lowest BCUT2D eigenvalue weighted by Crippen LogP contribution is -2.51. The molecule has 0 radical (unpaired) electrons. The average molecular weight is 258 g/mol. The fourth-order valence-corrected chi connectivity index (χ4v) is 1.93. The molecule has 1 heterocycles. The third kappa shape index (κ3) is 5.35. The molecule has 1 fully saturated rings. The number of carbonyl (C=O) groups excluding carboxylic acids is 1. The van der Waals surface area contributed by atoms with Gasteiger partial charge in [-0.1, -0.05) is 13.8 Å². The summed E-state index contributed by atoms with van der Waals surface area (Å²) >= 11 is 0. The van der Waals surface area contributed by atoms with Crippen molar-refractivity contribution in [3.63, 3.8) is 0 Å². The second-order valence-corrected chi connectivity index (χ2v) is 5.05. The molecule has 0 spiro atoms. The van der Waals surface area contributed by atoms with Gasteiger partial charge in [-0.3, -0.25) is 0 Å². The van der Waals surface area contributed by atoms with Crippen LogP contribution in [-0.2, 0) is 9.53 Å². The Morgan fingerprint density at radius 2 is 2.17 bits per heavy atom. The van der Waals surface area contributed by atoms with Crippen molar-refractivity contribution in [3.8, 4) is 0 Å². The van der Waals surface area contributed by atoms with Gasteiger partial charge in [0.1, 0.15) is 6.04 Å². The molecule has 3 N–H and O–H groups in total.